The van der Waals surface area contributed by atoms with Crippen LogP contribution in [-0.2, 0) is 11.3 Å². The number of halogens is 1. The summed E-state index contributed by atoms with van der Waals surface area (Å²) >= 11 is 6.13. The summed E-state index contributed by atoms with van der Waals surface area (Å²) in [4.78, 5) is 14.0. The fourth-order valence-corrected chi connectivity index (χ4v) is 3.03. The zero-order valence-corrected chi connectivity index (χ0v) is 12.7. The second-order valence-corrected chi connectivity index (χ2v) is 5.74. The third-order valence-corrected chi connectivity index (χ3v) is 4.24. The lowest BCUT2D eigenvalue weighted by molar-refractivity contribution is -0.131. The smallest absolute Gasteiger partial charge is 0.236 e. The molecule has 4 nitrogen and oxygen atoms in total. The van der Waals surface area contributed by atoms with Crippen molar-refractivity contribution in [3.63, 3.8) is 0 Å². The van der Waals surface area contributed by atoms with Crippen LogP contribution in [0.4, 0.5) is 0 Å². The molecule has 21 heavy (non-hydrogen) atoms. The van der Waals surface area contributed by atoms with Gasteiger partial charge in [0.1, 0.15) is 5.58 Å². The Morgan fingerprint density at radius 1 is 1.24 bits per heavy atom. The molecule has 0 spiro atoms. The summed E-state index contributed by atoms with van der Waals surface area (Å²) in [6.07, 6.45) is 3.46. The predicted octanol–water partition coefficient (Wildman–Crippen LogP) is 3.19. The summed E-state index contributed by atoms with van der Waals surface area (Å²) in [6.45, 7) is 2.65. The summed E-state index contributed by atoms with van der Waals surface area (Å²) in [6, 6.07) is 7.74. The molecular weight excluding hydrogens is 288 g/mol. The third-order valence-electron chi connectivity index (χ3n) is 3.94. The van der Waals surface area contributed by atoms with Crippen LogP contribution in [-0.4, -0.2) is 30.4 Å². The number of carbonyl (C=O) groups is 1. The average Bonchev–Trinajstić information content (AvgIpc) is 2.84. The maximum Gasteiger partial charge on any atom is 0.236 e. The minimum Gasteiger partial charge on any atom is -0.444 e. The number of nitrogens with zero attached hydrogens (tertiary/aromatic N) is 1. The number of furan rings is 1. The molecule has 0 aliphatic carbocycles. The van der Waals surface area contributed by atoms with Crippen molar-refractivity contribution in [2.75, 3.05) is 19.6 Å². The number of nitrogens with one attached hydrogen (secondary N) is 1. The van der Waals surface area contributed by atoms with E-state index in [0.29, 0.717) is 18.3 Å². The minimum absolute atomic E-state index is 0.165. The fourth-order valence-electron chi connectivity index (χ4n) is 2.78. The monoisotopic (exact) mass is 306 g/mol. The van der Waals surface area contributed by atoms with Gasteiger partial charge in [0.2, 0.25) is 5.91 Å². The van der Waals surface area contributed by atoms with Crippen molar-refractivity contribution in [2.45, 2.75) is 25.8 Å². The summed E-state index contributed by atoms with van der Waals surface area (Å²) in [5, 5.41) is 4.58. The van der Waals surface area contributed by atoms with Crippen LogP contribution in [0.2, 0.25) is 5.22 Å². The Kier molecular flexibility index (Phi) is 4.46. The molecule has 2 heterocycles. The number of hydrogen-bond donors (Lipinski definition) is 1. The SMILES string of the molecule is O=C(CNCc1c(Cl)oc2ccccc12)N1CCCCC1. The molecule has 1 saturated heterocycles. The number of likely N-dealkylation sites (tertiary alicyclic amines) is 1. The number of rotatable bonds is 4. The van der Waals surface area contributed by atoms with Crippen LogP contribution in [0.5, 0.6) is 0 Å². The summed E-state index contributed by atoms with van der Waals surface area (Å²) < 4.78 is 5.50. The Bertz CT molecular complexity index is 632. The van der Waals surface area contributed by atoms with Crippen molar-refractivity contribution in [1.82, 2.24) is 10.2 Å². The van der Waals surface area contributed by atoms with Gasteiger partial charge >= 0.3 is 0 Å². The Morgan fingerprint density at radius 3 is 2.81 bits per heavy atom. The highest BCUT2D eigenvalue weighted by molar-refractivity contribution is 6.30. The Hall–Kier alpha value is -1.52. The number of benzene rings is 1. The first-order valence-corrected chi connectivity index (χ1v) is 7.78. The molecule has 5 heteroatoms. The molecule has 2 aromatic rings. The molecule has 1 amide bonds. The van der Waals surface area contributed by atoms with Gasteiger partial charge in [-0.15, -0.1) is 0 Å². The highest BCUT2D eigenvalue weighted by atomic mass is 35.5. The Labute approximate surface area is 129 Å². The standard InChI is InChI=1S/C16H19ClN2O2/c17-16-13(12-6-2-3-7-14(12)21-16)10-18-11-15(20)19-8-4-1-5-9-19/h2-3,6-7,18H,1,4-5,8-11H2. The lowest BCUT2D eigenvalue weighted by atomic mass is 10.1. The van der Waals surface area contributed by atoms with Gasteiger partial charge in [0.25, 0.3) is 0 Å². The topological polar surface area (TPSA) is 45.5 Å². The van der Waals surface area contributed by atoms with Gasteiger partial charge in [-0.2, -0.15) is 0 Å². The molecule has 3 rings (SSSR count). The van der Waals surface area contributed by atoms with E-state index in [9.17, 15) is 4.79 Å². The van der Waals surface area contributed by atoms with E-state index < -0.39 is 0 Å². The second kappa shape index (κ2) is 6.50. The molecule has 0 saturated carbocycles. The van der Waals surface area contributed by atoms with Gasteiger partial charge in [-0.3, -0.25) is 4.79 Å². The van der Waals surface area contributed by atoms with Crippen molar-refractivity contribution in [2.24, 2.45) is 0 Å². The van der Waals surface area contributed by atoms with Crippen LogP contribution in [0.3, 0.4) is 0 Å². The van der Waals surface area contributed by atoms with Crippen LogP contribution in [0.25, 0.3) is 11.0 Å². The van der Waals surface area contributed by atoms with E-state index in [0.717, 1.165) is 42.5 Å². The molecule has 1 aliphatic heterocycles. The zero-order chi connectivity index (χ0) is 14.7. The van der Waals surface area contributed by atoms with Crippen molar-refractivity contribution in [3.8, 4) is 0 Å². The van der Waals surface area contributed by atoms with Crippen LogP contribution in [0.1, 0.15) is 24.8 Å². The first-order chi connectivity index (χ1) is 10.3. The van der Waals surface area contributed by atoms with Crippen molar-refractivity contribution in [3.05, 3.63) is 35.0 Å². The first-order valence-electron chi connectivity index (χ1n) is 7.40. The largest absolute Gasteiger partial charge is 0.444 e. The van der Waals surface area contributed by atoms with E-state index in [4.69, 9.17) is 16.0 Å². The van der Waals surface area contributed by atoms with Crippen molar-refractivity contribution >= 4 is 28.5 Å². The predicted molar refractivity (Wildman–Crippen MR) is 83.4 cm³/mol. The maximum atomic E-state index is 12.1. The summed E-state index contributed by atoms with van der Waals surface area (Å²) in [5.41, 5.74) is 1.69. The van der Waals surface area contributed by atoms with Crippen LogP contribution in [0.15, 0.2) is 28.7 Å². The van der Waals surface area contributed by atoms with Gasteiger partial charge in [0.15, 0.2) is 5.22 Å². The van der Waals surface area contributed by atoms with Crippen molar-refractivity contribution < 1.29 is 9.21 Å². The number of piperidine rings is 1. The molecule has 1 fully saturated rings. The quantitative estimate of drug-likeness (QED) is 0.943. The van der Waals surface area contributed by atoms with E-state index in [1.165, 1.54) is 6.42 Å². The van der Waals surface area contributed by atoms with Crippen LogP contribution in [0, 0.1) is 0 Å². The number of amides is 1. The molecule has 0 radical (unpaired) electrons. The molecule has 0 unspecified atom stereocenters. The third kappa shape index (κ3) is 3.22. The number of fused-ring (bicyclic) bond motifs is 1. The molecule has 0 atom stereocenters. The Morgan fingerprint density at radius 2 is 2.00 bits per heavy atom. The van der Waals surface area contributed by atoms with Crippen molar-refractivity contribution in [1.29, 1.82) is 0 Å². The lowest BCUT2D eigenvalue weighted by Gasteiger charge is -2.26. The first kappa shape index (κ1) is 14.4. The molecule has 1 aromatic carbocycles. The average molecular weight is 307 g/mol. The number of carbonyl (C=O) groups excluding carboxylic acids is 1. The molecular formula is C16H19ClN2O2. The second-order valence-electron chi connectivity index (χ2n) is 5.40. The van der Waals surface area contributed by atoms with Gasteiger partial charge in [0, 0.05) is 30.6 Å². The summed E-state index contributed by atoms with van der Waals surface area (Å²) in [5.74, 6) is 0.165. The fraction of sp³-hybridized carbons (Fsp3) is 0.438. The highest BCUT2D eigenvalue weighted by Crippen LogP contribution is 2.29. The molecule has 112 valence electrons. The normalized spacial score (nSPS) is 15.6. The molecule has 0 bridgehead atoms. The van der Waals surface area contributed by atoms with Gasteiger partial charge < -0.3 is 14.6 Å². The van der Waals surface area contributed by atoms with Crippen LogP contribution >= 0.6 is 11.6 Å². The van der Waals surface area contributed by atoms with Gasteiger partial charge in [-0.1, -0.05) is 18.2 Å². The van der Waals surface area contributed by atoms with E-state index >= 15 is 0 Å². The summed E-state index contributed by atoms with van der Waals surface area (Å²) in [7, 11) is 0. The van der Waals surface area contributed by atoms with E-state index in [1.54, 1.807) is 0 Å². The molecule has 1 aromatic heterocycles. The van der Waals surface area contributed by atoms with Gasteiger partial charge in [-0.25, -0.2) is 0 Å². The zero-order valence-electron chi connectivity index (χ0n) is 11.9. The van der Waals surface area contributed by atoms with Crippen LogP contribution < -0.4 is 5.32 Å². The maximum absolute atomic E-state index is 12.1. The van der Waals surface area contributed by atoms with E-state index in [1.807, 2.05) is 29.2 Å². The Balaban J connectivity index is 1.59. The van der Waals surface area contributed by atoms with Gasteiger partial charge in [0.05, 0.1) is 6.54 Å². The van der Waals surface area contributed by atoms with E-state index in [-0.39, 0.29) is 5.91 Å². The molecule has 1 N–H and O–H groups in total. The van der Waals surface area contributed by atoms with E-state index in [2.05, 4.69) is 5.32 Å². The lowest BCUT2D eigenvalue weighted by Crippen LogP contribution is -2.40. The van der Waals surface area contributed by atoms with Gasteiger partial charge in [-0.05, 0) is 36.9 Å². The highest BCUT2D eigenvalue weighted by Gasteiger charge is 2.17. The minimum atomic E-state index is 0.165. The molecule has 1 aliphatic rings. The number of hydrogen-bond acceptors (Lipinski definition) is 3. The number of para-hydroxylation sites is 1.